The SMILES string of the molecule is CC(C)c1ocnc1C(=O)Nc1ccc(OCc2ccncc2)cc1. The Hall–Kier alpha value is -3.15. The summed E-state index contributed by atoms with van der Waals surface area (Å²) in [6.07, 6.45) is 4.75. The van der Waals surface area contributed by atoms with Gasteiger partial charge < -0.3 is 14.5 Å². The van der Waals surface area contributed by atoms with Crippen LogP contribution in [0.15, 0.2) is 59.6 Å². The molecule has 0 saturated heterocycles. The van der Waals surface area contributed by atoms with Gasteiger partial charge in [0.1, 0.15) is 18.1 Å². The minimum Gasteiger partial charge on any atom is -0.489 e. The van der Waals surface area contributed by atoms with Gasteiger partial charge in [0, 0.05) is 24.0 Å². The first-order valence-electron chi connectivity index (χ1n) is 8.00. The predicted molar refractivity (Wildman–Crippen MR) is 93.6 cm³/mol. The van der Waals surface area contributed by atoms with Crippen molar-refractivity contribution in [2.45, 2.75) is 26.4 Å². The Bertz CT molecular complexity index is 827. The molecule has 128 valence electrons. The number of nitrogens with one attached hydrogen (secondary N) is 1. The molecule has 1 aromatic carbocycles. The molecule has 0 bridgehead atoms. The van der Waals surface area contributed by atoms with Gasteiger partial charge in [-0.2, -0.15) is 0 Å². The summed E-state index contributed by atoms with van der Waals surface area (Å²) in [4.78, 5) is 20.3. The zero-order valence-corrected chi connectivity index (χ0v) is 14.1. The molecular formula is C19H19N3O3. The third kappa shape index (κ3) is 4.23. The molecule has 0 atom stereocenters. The molecule has 25 heavy (non-hydrogen) atoms. The van der Waals surface area contributed by atoms with Gasteiger partial charge in [0.2, 0.25) is 0 Å². The number of carbonyl (C=O) groups is 1. The Morgan fingerprint density at radius 2 is 1.88 bits per heavy atom. The molecule has 6 nitrogen and oxygen atoms in total. The summed E-state index contributed by atoms with van der Waals surface area (Å²) in [6.45, 7) is 4.36. The summed E-state index contributed by atoms with van der Waals surface area (Å²) in [7, 11) is 0. The molecule has 1 N–H and O–H groups in total. The maximum atomic E-state index is 12.3. The Morgan fingerprint density at radius 3 is 2.56 bits per heavy atom. The lowest BCUT2D eigenvalue weighted by Gasteiger charge is -2.08. The van der Waals surface area contributed by atoms with Gasteiger partial charge in [-0.1, -0.05) is 13.8 Å². The number of oxazole rings is 1. The number of ether oxygens (including phenoxy) is 1. The fourth-order valence-corrected chi connectivity index (χ4v) is 2.31. The molecule has 6 heteroatoms. The number of benzene rings is 1. The van der Waals surface area contributed by atoms with E-state index in [1.165, 1.54) is 6.39 Å². The van der Waals surface area contributed by atoms with Crippen LogP contribution in [-0.4, -0.2) is 15.9 Å². The Morgan fingerprint density at radius 1 is 1.16 bits per heavy atom. The van der Waals surface area contributed by atoms with Crippen LogP contribution in [0.3, 0.4) is 0 Å². The van der Waals surface area contributed by atoms with Crippen LogP contribution in [0.5, 0.6) is 5.75 Å². The first kappa shape index (κ1) is 16.7. The molecule has 0 unspecified atom stereocenters. The maximum absolute atomic E-state index is 12.3. The van der Waals surface area contributed by atoms with E-state index in [9.17, 15) is 4.79 Å². The lowest BCUT2D eigenvalue weighted by Crippen LogP contribution is -2.14. The van der Waals surface area contributed by atoms with E-state index in [1.54, 1.807) is 24.5 Å². The molecule has 0 aliphatic rings. The van der Waals surface area contributed by atoms with Gasteiger partial charge in [-0.15, -0.1) is 0 Å². The third-order valence-electron chi connectivity index (χ3n) is 3.60. The summed E-state index contributed by atoms with van der Waals surface area (Å²) in [5.74, 6) is 1.10. The van der Waals surface area contributed by atoms with Crippen LogP contribution in [0.25, 0.3) is 0 Å². The number of rotatable bonds is 6. The number of amides is 1. The average molecular weight is 337 g/mol. The van der Waals surface area contributed by atoms with Crippen molar-refractivity contribution in [1.29, 1.82) is 0 Å². The zero-order valence-electron chi connectivity index (χ0n) is 14.1. The van der Waals surface area contributed by atoms with Crippen molar-refractivity contribution < 1.29 is 13.9 Å². The first-order chi connectivity index (χ1) is 12.1. The van der Waals surface area contributed by atoms with Gasteiger partial charge in [0.15, 0.2) is 12.1 Å². The molecule has 0 aliphatic carbocycles. The van der Waals surface area contributed by atoms with Crippen LogP contribution in [0.1, 0.15) is 41.6 Å². The average Bonchev–Trinajstić information content (AvgIpc) is 3.12. The summed E-state index contributed by atoms with van der Waals surface area (Å²) in [6, 6.07) is 11.0. The van der Waals surface area contributed by atoms with E-state index < -0.39 is 0 Å². The second-order valence-corrected chi connectivity index (χ2v) is 5.84. The number of hydrogen-bond acceptors (Lipinski definition) is 5. The number of hydrogen-bond donors (Lipinski definition) is 1. The third-order valence-corrected chi connectivity index (χ3v) is 3.60. The number of pyridine rings is 1. The molecule has 0 saturated carbocycles. The van der Waals surface area contributed by atoms with Crippen molar-refractivity contribution in [2.24, 2.45) is 0 Å². The van der Waals surface area contributed by atoms with Crippen molar-refractivity contribution >= 4 is 11.6 Å². The first-order valence-corrected chi connectivity index (χ1v) is 8.00. The summed E-state index contributed by atoms with van der Waals surface area (Å²) < 4.78 is 11.0. The van der Waals surface area contributed by atoms with E-state index in [-0.39, 0.29) is 11.8 Å². The van der Waals surface area contributed by atoms with Crippen LogP contribution in [-0.2, 0) is 6.61 Å². The molecule has 0 radical (unpaired) electrons. The van der Waals surface area contributed by atoms with Gasteiger partial charge >= 0.3 is 0 Å². The van der Waals surface area contributed by atoms with E-state index in [4.69, 9.17) is 9.15 Å². The van der Waals surface area contributed by atoms with Crippen LogP contribution in [0.4, 0.5) is 5.69 Å². The van der Waals surface area contributed by atoms with Crippen molar-refractivity contribution in [2.75, 3.05) is 5.32 Å². The van der Waals surface area contributed by atoms with Crippen molar-refractivity contribution in [3.8, 4) is 5.75 Å². The van der Waals surface area contributed by atoms with Gasteiger partial charge in [0.05, 0.1) is 0 Å². The number of carbonyl (C=O) groups excluding carboxylic acids is 1. The highest BCUT2D eigenvalue weighted by atomic mass is 16.5. The molecular weight excluding hydrogens is 318 g/mol. The normalized spacial score (nSPS) is 10.7. The Kier molecular flexibility index (Phi) is 5.09. The fourth-order valence-electron chi connectivity index (χ4n) is 2.31. The second-order valence-electron chi connectivity index (χ2n) is 5.84. The monoisotopic (exact) mass is 337 g/mol. The molecule has 3 rings (SSSR count). The van der Waals surface area contributed by atoms with Crippen molar-refractivity contribution in [1.82, 2.24) is 9.97 Å². The number of aromatic nitrogens is 2. The Labute approximate surface area is 145 Å². The van der Waals surface area contributed by atoms with E-state index in [0.717, 1.165) is 11.3 Å². The molecule has 2 aromatic heterocycles. The highest BCUT2D eigenvalue weighted by molar-refractivity contribution is 6.03. The summed E-state index contributed by atoms with van der Waals surface area (Å²) >= 11 is 0. The van der Waals surface area contributed by atoms with E-state index in [1.807, 2.05) is 38.1 Å². The minimum absolute atomic E-state index is 0.0900. The lowest BCUT2D eigenvalue weighted by molar-refractivity contribution is 0.102. The zero-order chi connectivity index (χ0) is 17.6. The van der Waals surface area contributed by atoms with E-state index in [0.29, 0.717) is 23.7 Å². The van der Waals surface area contributed by atoms with E-state index >= 15 is 0 Å². The van der Waals surface area contributed by atoms with Crippen LogP contribution in [0, 0.1) is 0 Å². The molecule has 1 amide bonds. The topological polar surface area (TPSA) is 77.2 Å². The van der Waals surface area contributed by atoms with Crippen molar-refractivity contribution in [3.05, 3.63) is 72.2 Å². The van der Waals surface area contributed by atoms with Gasteiger partial charge in [-0.25, -0.2) is 4.98 Å². The smallest absolute Gasteiger partial charge is 0.277 e. The van der Waals surface area contributed by atoms with Gasteiger partial charge in [-0.3, -0.25) is 9.78 Å². The van der Waals surface area contributed by atoms with Crippen LogP contribution in [0.2, 0.25) is 0 Å². The summed E-state index contributed by atoms with van der Waals surface area (Å²) in [5, 5.41) is 2.82. The molecule has 3 aromatic rings. The van der Waals surface area contributed by atoms with Crippen molar-refractivity contribution in [3.63, 3.8) is 0 Å². The van der Waals surface area contributed by atoms with Crippen LogP contribution < -0.4 is 10.1 Å². The fraction of sp³-hybridized carbons (Fsp3) is 0.211. The molecule has 2 heterocycles. The minimum atomic E-state index is -0.289. The van der Waals surface area contributed by atoms with Gasteiger partial charge in [0.25, 0.3) is 5.91 Å². The highest BCUT2D eigenvalue weighted by Crippen LogP contribution is 2.21. The predicted octanol–water partition coefficient (Wildman–Crippen LogP) is 4.02. The number of nitrogens with zero attached hydrogens (tertiary/aromatic N) is 2. The largest absolute Gasteiger partial charge is 0.489 e. The molecule has 0 spiro atoms. The van der Waals surface area contributed by atoms with Crippen LogP contribution >= 0.6 is 0 Å². The highest BCUT2D eigenvalue weighted by Gasteiger charge is 2.19. The Balaban J connectivity index is 1.60. The molecule has 0 aliphatic heterocycles. The lowest BCUT2D eigenvalue weighted by atomic mass is 10.1. The standard InChI is InChI=1S/C19H19N3O3/c1-13(2)18-17(21-12-25-18)19(23)22-15-3-5-16(6-4-15)24-11-14-7-9-20-10-8-14/h3-10,12-13H,11H2,1-2H3,(H,22,23). The molecule has 0 fully saturated rings. The summed E-state index contributed by atoms with van der Waals surface area (Å²) in [5.41, 5.74) is 2.02. The van der Waals surface area contributed by atoms with Gasteiger partial charge in [-0.05, 0) is 42.0 Å². The second kappa shape index (κ2) is 7.61. The number of anilines is 1. The van der Waals surface area contributed by atoms with E-state index in [2.05, 4.69) is 15.3 Å². The quantitative estimate of drug-likeness (QED) is 0.735. The maximum Gasteiger partial charge on any atom is 0.277 e.